The molecule has 0 radical (unpaired) electrons. The quantitative estimate of drug-likeness (QED) is 0.926. The topological polar surface area (TPSA) is 45.0 Å². The summed E-state index contributed by atoms with van der Waals surface area (Å²) in [5, 5.41) is 12.5. The number of hydrogen-bond acceptors (Lipinski definition) is 3. The maximum absolute atomic E-state index is 13.2. The van der Waals surface area contributed by atoms with E-state index < -0.39 is 5.82 Å². The number of methoxy groups -OCH3 is 1. The molecule has 2 aromatic rings. The summed E-state index contributed by atoms with van der Waals surface area (Å²) in [6.45, 7) is 0.472. The summed E-state index contributed by atoms with van der Waals surface area (Å²) in [7, 11) is 1.55. The van der Waals surface area contributed by atoms with E-state index in [2.05, 4.69) is 5.32 Å². The molecule has 0 fully saturated rings. The SMILES string of the molecule is COc1cc(NCc2ccc(F)c(C#N)c2)ccc1Cl. The van der Waals surface area contributed by atoms with Gasteiger partial charge in [0.05, 0.1) is 17.7 Å². The lowest BCUT2D eigenvalue weighted by Crippen LogP contribution is -2.00. The van der Waals surface area contributed by atoms with Gasteiger partial charge >= 0.3 is 0 Å². The molecule has 0 bridgehead atoms. The van der Waals surface area contributed by atoms with Gasteiger partial charge in [0, 0.05) is 18.3 Å². The van der Waals surface area contributed by atoms with Gasteiger partial charge in [-0.1, -0.05) is 17.7 Å². The van der Waals surface area contributed by atoms with Crippen LogP contribution in [0.5, 0.6) is 5.75 Å². The van der Waals surface area contributed by atoms with E-state index in [1.54, 1.807) is 25.3 Å². The Morgan fingerprint density at radius 1 is 1.30 bits per heavy atom. The van der Waals surface area contributed by atoms with Gasteiger partial charge in [0.25, 0.3) is 0 Å². The normalized spacial score (nSPS) is 9.90. The second-order valence-corrected chi connectivity index (χ2v) is 4.54. The average molecular weight is 291 g/mol. The van der Waals surface area contributed by atoms with E-state index >= 15 is 0 Å². The Morgan fingerprint density at radius 3 is 2.80 bits per heavy atom. The van der Waals surface area contributed by atoms with Gasteiger partial charge in [-0.3, -0.25) is 0 Å². The lowest BCUT2D eigenvalue weighted by molar-refractivity contribution is 0.415. The first-order valence-electron chi connectivity index (χ1n) is 5.90. The summed E-state index contributed by atoms with van der Waals surface area (Å²) >= 11 is 5.94. The summed E-state index contributed by atoms with van der Waals surface area (Å²) in [6, 6.07) is 11.6. The Bertz CT molecular complexity index is 667. The molecule has 0 spiro atoms. The number of anilines is 1. The van der Waals surface area contributed by atoms with Crippen LogP contribution in [0.2, 0.25) is 5.02 Å². The number of nitrogens with zero attached hydrogens (tertiary/aromatic N) is 1. The minimum absolute atomic E-state index is 0.0398. The van der Waals surface area contributed by atoms with E-state index in [9.17, 15) is 4.39 Å². The number of halogens is 2. The van der Waals surface area contributed by atoms with Crippen molar-refractivity contribution in [3.05, 3.63) is 58.4 Å². The van der Waals surface area contributed by atoms with E-state index in [1.165, 1.54) is 12.1 Å². The molecule has 0 aliphatic heterocycles. The minimum Gasteiger partial charge on any atom is -0.495 e. The zero-order valence-electron chi connectivity index (χ0n) is 10.8. The molecule has 0 amide bonds. The number of benzene rings is 2. The standard InChI is InChI=1S/C15H12ClFN2O/c1-20-15-7-12(3-4-13(15)16)19-9-10-2-5-14(17)11(6-10)8-18/h2-7,19H,9H2,1H3. The fourth-order valence-electron chi connectivity index (χ4n) is 1.74. The third kappa shape index (κ3) is 3.19. The second kappa shape index (κ2) is 6.27. The van der Waals surface area contributed by atoms with Crippen molar-refractivity contribution in [2.75, 3.05) is 12.4 Å². The van der Waals surface area contributed by atoms with Crippen molar-refractivity contribution in [1.82, 2.24) is 0 Å². The first-order valence-corrected chi connectivity index (χ1v) is 6.28. The van der Waals surface area contributed by atoms with Gasteiger partial charge in [-0.05, 0) is 29.8 Å². The molecule has 5 heteroatoms. The number of hydrogen-bond donors (Lipinski definition) is 1. The lowest BCUT2D eigenvalue weighted by atomic mass is 10.1. The van der Waals surface area contributed by atoms with Crippen LogP contribution in [0, 0.1) is 17.1 Å². The molecule has 0 saturated carbocycles. The van der Waals surface area contributed by atoms with E-state index in [1.807, 2.05) is 12.1 Å². The maximum Gasteiger partial charge on any atom is 0.140 e. The Hall–Kier alpha value is -2.25. The molecule has 0 aliphatic rings. The molecule has 2 aromatic carbocycles. The third-order valence-electron chi connectivity index (χ3n) is 2.80. The number of nitrogens with one attached hydrogen (secondary N) is 1. The third-order valence-corrected chi connectivity index (χ3v) is 3.11. The fraction of sp³-hybridized carbons (Fsp3) is 0.133. The van der Waals surface area contributed by atoms with Crippen molar-refractivity contribution in [2.24, 2.45) is 0 Å². The van der Waals surface area contributed by atoms with Crippen LogP contribution < -0.4 is 10.1 Å². The van der Waals surface area contributed by atoms with Gasteiger partial charge in [0.15, 0.2) is 0 Å². The smallest absolute Gasteiger partial charge is 0.140 e. The van der Waals surface area contributed by atoms with Gasteiger partial charge in [0.2, 0.25) is 0 Å². The molecule has 2 rings (SSSR count). The lowest BCUT2D eigenvalue weighted by Gasteiger charge is -2.09. The van der Waals surface area contributed by atoms with E-state index in [4.69, 9.17) is 21.6 Å². The largest absolute Gasteiger partial charge is 0.495 e. The monoisotopic (exact) mass is 290 g/mol. The van der Waals surface area contributed by atoms with Crippen LogP contribution in [-0.2, 0) is 6.54 Å². The number of nitriles is 1. The van der Waals surface area contributed by atoms with Crippen molar-refractivity contribution in [2.45, 2.75) is 6.54 Å². The predicted octanol–water partition coefficient (Wildman–Crippen LogP) is 3.97. The van der Waals surface area contributed by atoms with Crippen LogP contribution in [0.3, 0.4) is 0 Å². The molecule has 20 heavy (non-hydrogen) atoms. The number of ether oxygens (including phenoxy) is 1. The molecule has 0 aromatic heterocycles. The van der Waals surface area contributed by atoms with E-state index in [0.29, 0.717) is 17.3 Å². The minimum atomic E-state index is -0.510. The highest BCUT2D eigenvalue weighted by molar-refractivity contribution is 6.32. The van der Waals surface area contributed by atoms with Gasteiger partial charge in [-0.2, -0.15) is 5.26 Å². The molecular weight excluding hydrogens is 279 g/mol. The molecule has 0 heterocycles. The first-order chi connectivity index (χ1) is 9.63. The summed E-state index contributed by atoms with van der Waals surface area (Å²) in [5.74, 6) is 0.0675. The van der Waals surface area contributed by atoms with Crippen LogP contribution in [0.1, 0.15) is 11.1 Å². The molecule has 1 N–H and O–H groups in total. The van der Waals surface area contributed by atoms with Crippen LogP contribution >= 0.6 is 11.6 Å². The molecule has 3 nitrogen and oxygen atoms in total. The van der Waals surface area contributed by atoms with Crippen LogP contribution in [-0.4, -0.2) is 7.11 Å². The zero-order valence-corrected chi connectivity index (χ0v) is 11.5. The van der Waals surface area contributed by atoms with Crippen molar-refractivity contribution in [3.8, 4) is 11.8 Å². The van der Waals surface area contributed by atoms with Gasteiger partial charge in [-0.25, -0.2) is 4.39 Å². The van der Waals surface area contributed by atoms with Crippen molar-refractivity contribution >= 4 is 17.3 Å². The van der Waals surface area contributed by atoms with Gasteiger partial charge in [0.1, 0.15) is 17.6 Å². The molecular formula is C15H12ClFN2O. The summed E-state index contributed by atoms with van der Waals surface area (Å²) in [5.41, 5.74) is 1.68. The van der Waals surface area contributed by atoms with Crippen LogP contribution in [0.25, 0.3) is 0 Å². The zero-order chi connectivity index (χ0) is 14.5. The van der Waals surface area contributed by atoms with Crippen LogP contribution in [0.4, 0.5) is 10.1 Å². The fourth-order valence-corrected chi connectivity index (χ4v) is 1.94. The molecule has 0 aliphatic carbocycles. The highest BCUT2D eigenvalue weighted by atomic mass is 35.5. The Labute approximate surface area is 121 Å². The molecule has 0 unspecified atom stereocenters. The first kappa shape index (κ1) is 14.2. The Morgan fingerprint density at radius 2 is 2.10 bits per heavy atom. The highest BCUT2D eigenvalue weighted by Gasteiger charge is 2.04. The van der Waals surface area contributed by atoms with Crippen molar-refractivity contribution < 1.29 is 9.13 Å². The highest BCUT2D eigenvalue weighted by Crippen LogP contribution is 2.27. The predicted molar refractivity (Wildman–Crippen MR) is 76.4 cm³/mol. The van der Waals surface area contributed by atoms with Crippen molar-refractivity contribution in [3.63, 3.8) is 0 Å². The summed E-state index contributed by atoms with van der Waals surface area (Å²) < 4.78 is 18.3. The summed E-state index contributed by atoms with van der Waals surface area (Å²) in [6.07, 6.45) is 0. The Balaban J connectivity index is 2.11. The van der Waals surface area contributed by atoms with E-state index in [0.717, 1.165) is 11.3 Å². The number of rotatable bonds is 4. The summed E-state index contributed by atoms with van der Waals surface area (Å²) in [4.78, 5) is 0. The van der Waals surface area contributed by atoms with Gasteiger partial charge in [-0.15, -0.1) is 0 Å². The maximum atomic E-state index is 13.2. The van der Waals surface area contributed by atoms with E-state index in [-0.39, 0.29) is 5.56 Å². The van der Waals surface area contributed by atoms with Crippen molar-refractivity contribution in [1.29, 1.82) is 5.26 Å². The average Bonchev–Trinajstić information content (AvgIpc) is 2.47. The molecule has 0 atom stereocenters. The molecule has 0 saturated heterocycles. The Kier molecular flexibility index (Phi) is 4.44. The van der Waals surface area contributed by atoms with Gasteiger partial charge < -0.3 is 10.1 Å². The van der Waals surface area contributed by atoms with Crippen LogP contribution in [0.15, 0.2) is 36.4 Å². The second-order valence-electron chi connectivity index (χ2n) is 4.13. The molecule has 102 valence electrons.